The predicted molar refractivity (Wildman–Crippen MR) is 71.7 cm³/mol. The number of rotatable bonds is 3. The second-order valence-corrected chi connectivity index (χ2v) is 6.15. The van der Waals surface area contributed by atoms with Gasteiger partial charge in [0, 0.05) is 21.9 Å². The molecular formula is C14H13Cl2NO. The summed E-state index contributed by atoms with van der Waals surface area (Å²) in [7, 11) is 0. The van der Waals surface area contributed by atoms with Crippen molar-refractivity contribution in [1.29, 1.82) is 5.26 Å². The van der Waals surface area contributed by atoms with Gasteiger partial charge in [0.15, 0.2) is 5.78 Å². The van der Waals surface area contributed by atoms with Crippen molar-refractivity contribution in [3.63, 3.8) is 0 Å². The Bertz CT molecular complexity index is 525. The molecule has 1 aromatic carbocycles. The molecule has 0 aromatic heterocycles. The van der Waals surface area contributed by atoms with E-state index in [2.05, 4.69) is 0 Å². The number of carbonyl (C=O) groups is 1. The minimum Gasteiger partial charge on any atom is -0.298 e. The number of Topliss-reactive ketones (excluding diaryl/α,β-unsaturated/α-hetero) is 1. The van der Waals surface area contributed by atoms with Crippen LogP contribution in [0.15, 0.2) is 18.2 Å². The van der Waals surface area contributed by atoms with Crippen LogP contribution in [0.3, 0.4) is 0 Å². The monoisotopic (exact) mass is 281 g/mol. The van der Waals surface area contributed by atoms with Crippen LogP contribution in [-0.4, -0.2) is 5.78 Å². The zero-order valence-electron chi connectivity index (χ0n) is 10.2. The van der Waals surface area contributed by atoms with E-state index in [0.717, 1.165) is 5.56 Å². The van der Waals surface area contributed by atoms with Gasteiger partial charge in [0.25, 0.3) is 0 Å². The van der Waals surface area contributed by atoms with Gasteiger partial charge in [-0.1, -0.05) is 37.0 Å². The maximum atomic E-state index is 11.9. The number of hydrogen-bond donors (Lipinski definition) is 0. The first-order valence-electron chi connectivity index (χ1n) is 5.73. The average Bonchev–Trinajstić information content (AvgIpc) is 2.80. The van der Waals surface area contributed by atoms with E-state index >= 15 is 0 Å². The number of carbonyl (C=O) groups excluding carboxylic acids is 1. The van der Waals surface area contributed by atoms with E-state index in [9.17, 15) is 4.79 Å². The highest BCUT2D eigenvalue weighted by atomic mass is 35.5. The number of nitrogens with zero attached hydrogens (tertiary/aromatic N) is 1. The standard InChI is InChI=1S/C14H13Cl2NO/c1-14(2)12(13(14)11(18)3-4-17)8-5-9(15)7-10(16)6-8/h5-7,12-13H,3H2,1-2H3/t12?,13-/m1/s1. The molecule has 0 aliphatic heterocycles. The number of hydrogen-bond acceptors (Lipinski definition) is 2. The largest absolute Gasteiger partial charge is 0.298 e. The van der Waals surface area contributed by atoms with Gasteiger partial charge in [0.1, 0.15) is 0 Å². The molecule has 4 heteroatoms. The number of benzene rings is 1. The van der Waals surface area contributed by atoms with E-state index in [1.54, 1.807) is 6.07 Å². The third-order valence-corrected chi connectivity index (χ3v) is 4.11. The van der Waals surface area contributed by atoms with E-state index in [1.165, 1.54) is 0 Å². The minimum atomic E-state index is -0.123. The second kappa shape index (κ2) is 4.57. The Hall–Kier alpha value is -1.04. The summed E-state index contributed by atoms with van der Waals surface area (Å²) >= 11 is 12.0. The molecule has 1 saturated carbocycles. The minimum absolute atomic E-state index is 0.00333. The summed E-state index contributed by atoms with van der Waals surface area (Å²) in [6, 6.07) is 7.29. The van der Waals surface area contributed by atoms with Crippen LogP contribution in [-0.2, 0) is 4.79 Å². The quantitative estimate of drug-likeness (QED) is 0.833. The van der Waals surface area contributed by atoms with Gasteiger partial charge >= 0.3 is 0 Å². The number of ketones is 1. The molecule has 94 valence electrons. The molecule has 2 atom stereocenters. The molecule has 1 aromatic rings. The molecule has 0 spiro atoms. The third kappa shape index (κ3) is 2.25. The molecule has 18 heavy (non-hydrogen) atoms. The Balaban J connectivity index is 2.30. The van der Waals surface area contributed by atoms with Crippen LogP contribution in [0.5, 0.6) is 0 Å². The molecule has 0 bridgehead atoms. The van der Waals surface area contributed by atoms with Gasteiger partial charge in [-0.25, -0.2) is 0 Å². The summed E-state index contributed by atoms with van der Waals surface area (Å²) in [4.78, 5) is 11.9. The maximum Gasteiger partial charge on any atom is 0.151 e. The van der Waals surface area contributed by atoms with E-state index in [-0.39, 0.29) is 29.5 Å². The molecule has 1 fully saturated rings. The molecule has 0 N–H and O–H groups in total. The predicted octanol–water partition coefficient (Wildman–Crippen LogP) is 4.22. The Kier molecular flexibility index (Phi) is 3.40. The van der Waals surface area contributed by atoms with Crippen molar-refractivity contribution < 1.29 is 4.79 Å². The van der Waals surface area contributed by atoms with Crippen LogP contribution in [0.4, 0.5) is 0 Å². The van der Waals surface area contributed by atoms with Gasteiger partial charge < -0.3 is 0 Å². The molecule has 1 unspecified atom stereocenters. The fourth-order valence-corrected chi connectivity index (χ4v) is 3.35. The average molecular weight is 282 g/mol. The maximum absolute atomic E-state index is 11.9. The first kappa shape index (κ1) is 13.4. The molecule has 0 saturated heterocycles. The first-order valence-corrected chi connectivity index (χ1v) is 6.49. The van der Waals surface area contributed by atoms with Crippen LogP contribution >= 0.6 is 23.2 Å². The highest BCUT2D eigenvalue weighted by Gasteiger charge is 2.61. The molecule has 1 aliphatic carbocycles. The Morgan fingerprint density at radius 3 is 2.39 bits per heavy atom. The van der Waals surface area contributed by atoms with Crippen molar-refractivity contribution in [3.05, 3.63) is 33.8 Å². The summed E-state index contributed by atoms with van der Waals surface area (Å²) < 4.78 is 0. The van der Waals surface area contributed by atoms with Gasteiger partial charge in [-0.05, 0) is 29.2 Å². The summed E-state index contributed by atoms with van der Waals surface area (Å²) in [6.07, 6.45) is -0.0289. The zero-order valence-corrected chi connectivity index (χ0v) is 11.7. The van der Waals surface area contributed by atoms with Crippen molar-refractivity contribution in [3.8, 4) is 6.07 Å². The number of nitriles is 1. The van der Waals surface area contributed by atoms with Crippen LogP contribution in [0.2, 0.25) is 10.0 Å². The summed E-state index contributed by atoms with van der Waals surface area (Å²) in [5, 5.41) is 9.77. The molecule has 2 nitrogen and oxygen atoms in total. The Morgan fingerprint density at radius 1 is 1.33 bits per heavy atom. The number of halogens is 2. The second-order valence-electron chi connectivity index (χ2n) is 5.28. The Morgan fingerprint density at radius 2 is 1.89 bits per heavy atom. The molecular weight excluding hydrogens is 269 g/mol. The van der Waals surface area contributed by atoms with Crippen LogP contribution in [0, 0.1) is 22.7 Å². The van der Waals surface area contributed by atoms with Crippen molar-refractivity contribution in [2.45, 2.75) is 26.2 Å². The lowest BCUT2D eigenvalue weighted by atomic mass is 10.0. The molecule has 0 radical (unpaired) electrons. The van der Waals surface area contributed by atoms with Gasteiger partial charge in [-0.2, -0.15) is 5.26 Å². The van der Waals surface area contributed by atoms with Gasteiger partial charge in [-0.3, -0.25) is 4.79 Å². The lowest BCUT2D eigenvalue weighted by Gasteiger charge is -2.04. The van der Waals surface area contributed by atoms with Gasteiger partial charge in [0.05, 0.1) is 12.5 Å². The first-order chi connectivity index (χ1) is 8.37. The van der Waals surface area contributed by atoms with Crippen LogP contribution in [0.1, 0.15) is 31.7 Å². The fourth-order valence-electron chi connectivity index (χ4n) is 2.80. The lowest BCUT2D eigenvalue weighted by molar-refractivity contribution is -0.120. The third-order valence-electron chi connectivity index (χ3n) is 3.67. The van der Waals surface area contributed by atoms with E-state index in [0.29, 0.717) is 10.0 Å². The molecule has 1 aliphatic rings. The van der Waals surface area contributed by atoms with Gasteiger partial charge in [-0.15, -0.1) is 0 Å². The molecule has 0 heterocycles. The smallest absolute Gasteiger partial charge is 0.151 e. The summed E-state index contributed by atoms with van der Waals surface area (Å²) in [5.74, 6) is 0.00447. The normalized spacial score (nSPS) is 24.4. The summed E-state index contributed by atoms with van der Waals surface area (Å²) in [6.45, 7) is 4.07. The van der Waals surface area contributed by atoms with E-state index in [1.807, 2.05) is 32.0 Å². The van der Waals surface area contributed by atoms with E-state index in [4.69, 9.17) is 28.5 Å². The SMILES string of the molecule is CC1(C)C(c2cc(Cl)cc(Cl)c2)[C@H]1C(=O)CC#N. The van der Waals surface area contributed by atoms with E-state index < -0.39 is 0 Å². The lowest BCUT2D eigenvalue weighted by Crippen LogP contribution is -2.04. The highest BCUT2D eigenvalue weighted by Crippen LogP contribution is 2.65. The van der Waals surface area contributed by atoms with Crippen molar-refractivity contribution in [2.24, 2.45) is 11.3 Å². The topological polar surface area (TPSA) is 40.9 Å². The van der Waals surface area contributed by atoms with Crippen molar-refractivity contribution >= 4 is 29.0 Å². The van der Waals surface area contributed by atoms with Crippen molar-refractivity contribution in [1.82, 2.24) is 0 Å². The highest BCUT2D eigenvalue weighted by molar-refractivity contribution is 6.34. The van der Waals surface area contributed by atoms with Gasteiger partial charge in [0.2, 0.25) is 0 Å². The Labute approximate surface area is 117 Å². The fraction of sp³-hybridized carbons (Fsp3) is 0.429. The zero-order chi connectivity index (χ0) is 13.5. The molecule has 2 rings (SSSR count). The van der Waals surface area contributed by atoms with Crippen molar-refractivity contribution in [2.75, 3.05) is 0 Å². The summed E-state index contributed by atoms with van der Waals surface area (Å²) in [5.41, 5.74) is 0.857. The van der Waals surface area contributed by atoms with Crippen LogP contribution < -0.4 is 0 Å². The molecule has 0 amide bonds. The van der Waals surface area contributed by atoms with Crippen LogP contribution in [0.25, 0.3) is 0 Å².